The third-order valence-corrected chi connectivity index (χ3v) is 7.92. The van der Waals surface area contributed by atoms with Gasteiger partial charge in [0, 0.05) is 39.5 Å². The molecule has 1 heterocycles. The number of amides is 1. The van der Waals surface area contributed by atoms with E-state index in [1.54, 1.807) is 12.1 Å². The summed E-state index contributed by atoms with van der Waals surface area (Å²) in [5.41, 5.74) is 1.59. The molecule has 3 rings (SSSR count). The first-order chi connectivity index (χ1) is 14.8. The van der Waals surface area contributed by atoms with Crippen molar-refractivity contribution in [2.24, 2.45) is 0 Å². The molecule has 7 nitrogen and oxygen atoms in total. The number of aryl methyl sites for hydroxylation is 2. The van der Waals surface area contributed by atoms with Gasteiger partial charge in [0.05, 0.1) is 15.9 Å². The Morgan fingerprint density at radius 1 is 1.19 bits per heavy atom. The second kappa shape index (κ2) is 10.6. The third-order valence-electron chi connectivity index (χ3n) is 6.11. The van der Waals surface area contributed by atoms with Crippen LogP contribution in [0.2, 0.25) is 0 Å². The minimum Gasteiger partial charge on any atom is -0.353 e. The lowest BCUT2D eigenvalue weighted by molar-refractivity contribution is -0.121. The van der Waals surface area contributed by atoms with Crippen molar-refractivity contribution in [3.63, 3.8) is 0 Å². The molecule has 0 bridgehead atoms. The van der Waals surface area contributed by atoms with Gasteiger partial charge in [-0.3, -0.25) is 4.79 Å². The van der Waals surface area contributed by atoms with Crippen LogP contribution in [0.4, 0.5) is 0 Å². The van der Waals surface area contributed by atoms with Gasteiger partial charge in [-0.05, 0) is 37.5 Å². The summed E-state index contributed by atoms with van der Waals surface area (Å²) in [6, 6.07) is 5.42. The van der Waals surface area contributed by atoms with E-state index in [9.17, 15) is 13.2 Å². The van der Waals surface area contributed by atoms with Gasteiger partial charge < -0.3 is 9.88 Å². The van der Waals surface area contributed by atoms with Crippen molar-refractivity contribution >= 4 is 27.0 Å². The lowest BCUT2D eigenvalue weighted by atomic mass is 10.1. The highest BCUT2D eigenvalue weighted by molar-refractivity contribution is 7.89. The number of benzene rings is 1. The third kappa shape index (κ3) is 5.86. The predicted octanol–water partition coefficient (Wildman–Crippen LogP) is 3.86. The van der Waals surface area contributed by atoms with E-state index in [1.807, 2.05) is 6.07 Å². The number of rotatable bonds is 9. The van der Waals surface area contributed by atoms with E-state index in [2.05, 4.69) is 16.8 Å². The smallest absolute Gasteiger partial charge is 0.242 e. The van der Waals surface area contributed by atoms with Gasteiger partial charge in [0.1, 0.15) is 5.82 Å². The summed E-state index contributed by atoms with van der Waals surface area (Å²) in [6.45, 7) is 2.95. The molecule has 0 spiro atoms. The molecule has 1 aliphatic rings. The van der Waals surface area contributed by atoms with Crippen LogP contribution in [0.3, 0.4) is 0 Å². The van der Waals surface area contributed by atoms with Gasteiger partial charge in [-0.25, -0.2) is 17.7 Å². The maximum atomic E-state index is 12.6. The minimum absolute atomic E-state index is 0.0804. The van der Waals surface area contributed by atoms with E-state index in [0.29, 0.717) is 24.4 Å². The number of nitrogens with one attached hydrogen (secondary N) is 1. The Labute approximate surface area is 186 Å². The van der Waals surface area contributed by atoms with Gasteiger partial charge in [-0.1, -0.05) is 39.0 Å². The summed E-state index contributed by atoms with van der Waals surface area (Å²) in [7, 11) is -0.463. The van der Waals surface area contributed by atoms with Crippen LogP contribution in [-0.4, -0.2) is 48.3 Å². The summed E-state index contributed by atoms with van der Waals surface area (Å²) < 4.78 is 28.4. The lowest BCUT2D eigenvalue weighted by Gasteiger charge is -2.16. The molecule has 172 valence electrons. The highest BCUT2D eigenvalue weighted by Gasteiger charge is 2.20. The molecule has 2 aromatic rings. The number of carbonyl (C=O) groups is 1. The zero-order valence-electron chi connectivity index (χ0n) is 19.1. The van der Waals surface area contributed by atoms with Gasteiger partial charge in [0.25, 0.3) is 0 Å². The summed E-state index contributed by atoms with van der Waals surface area (Å²) in [5.74, 6) is 0.927. The van der Waals surface area contributed by atoms with Crippen molar-refractivity contribution in [2.75, 3.05) is 14.1 Å². The molecule has 1 amide bonds. The van der Waals surface area contributed by atoms with Crippen molar-refractivity contribution in [3.8, 4) is 0 Å². The SMILES string of the molecule is CCCCn1c(CCC(=O)NC2CCCCCC2)nc2cc(S(=O)(=O)N(C)C)ccc21. The van der Waals surface area contributed by atoms with E-state index in [0.717, 1.165) is 43.6 Å². The molecule has 1 fully saturated rings. The Kier molecular flexibility index (Phi) is 8.11. The number of fused-ring (bicyclic) bond motifs is 1. The first-order valence-corrected chi connectivity index (χ1v) is 13.0. The average Bonchev–Trinajstić information content (AvgIpc) is 2.88. The van der Waals surface area contributed by atoms with E-state index in [4.69, 9.17) is 4.98 Å². The number of imidazole rings is 1. The second-order valence-electron chi connectivity index (χ2n) is 8.73. The highest BCUT2D eigenvalue weighted by atomic mass is 32.2. The van der Waals surface area contributed by atoms with Crippen molar-refractivity contribution < 1.29 is 13.2 Å². The number of hydrogen-bond donors (Lipinski definition) is 1. The molecular weight excluding hydrogens is 412 g/mol. The molecule has 1 aromatic carbocycles. The number of carbonyl (C=O) groups excluding carboxylic acids is 1. The number of aromatic nitrogens is 2. The zero-order valence-corrected chi connectivity index (χ0v) is 19.9. The van der Waals surface area contributed by atoms with Gasteiger partial charge in [-0.2, -0.15) is 0 Å². The van der Waals surface area contributed by atoms with Gasteiger partial charge in [0.15, 0.2) is 0 Å². The van der Waals surface area contributed by atoms with Crippen molar-refractivity contribution in [1.29, 1.82) is 0 Å². The van der Waals surface area contributed by atoms with Crippen LogP contribution in [-0.2, 0) is 27.8 Å². The van der Waals surface area contributed by atoms with Gasteiger partial charge in [-0.15, -0.1) is 0 Å². The summed E-state index contributed by atoms with van der Waals surface area (Å²) in [5, 5.41) is 3.21. The molecule has 1 aliphatic carbocycles. The largest absolute Gasteiger partial charge is 0.353 e. The van der Waals surface area contributed by atoms with E-state index in [-0.39, 0.29) is 10.8 Å². The van der Waals surface area contributed by atoms with E-state index >= 15 is 0 Å². The summed E-state index contributed by atoms with van der Waals surface area (Å²) in [4.78, 5) is 17.5. The Morgan fingerprint density at radius 3 is 2.55 bits per heavy atom. The molecule has 1 aromatic heterocycles. The molecule has 8 heteroatoms. The molecule has 0 atom stereocenters. The average molecular weight is 449 g/mol. The van der Waals surface area contributed by atoms with Crippen molar-refractivity contribution in [2.45, 2.75) is 88.6 Å². The Morgan fingerprint density at radius 2 is 1.90 bits per heavy atom. The van der Waals surface area contributed by atoms with Gasteiger partial charge >= 0.3 is 0 Å². The van der Waals surface area contributed by atoms with Crippen LogP contribution in [0.5, 0.6) is 0 Å². The molecule has 31 heavy (non-hydrogen) atoms. The van der Waals surface area contributed by atoms with Gasteiger partial charge in [0.2, 0.25) is 15.9 Å². The molecule has 1 N–H and O–H groups in total. The van der Waals surface area contributed by atoms with E-state index < -0.39 is 10.0 Å². The first-order valence-electron chi connectivity index (χ1n) is 11.5. The molecule has 0 radical (unpaired) electrons. The fraction of sp³-hybridized carbons (Fsp3) is 0.652. The standard InChI is InChI=1S/C23H36N4O3S/c1-4-5-16-27-21-13-12-19(31(29,30)26(2)3)17-20(21)25-22(27)14-15-23(28)24-18-10-8-6-7-9-11-18/h12-13,17-18H,4-11,14-16H2,1-3H3,(H,24,28). The van der Waals surface area contributed by atoms with Crippen LogP contribution < -0.4 is 5.32 Å². The minimum atomic E-state index is -3.51. The fourth-order valence-electron chi connectivity index (χ4n) is 4.24. The zero-order chi connectivity index (χ0) is 22.4. The summed E-state index contributed by atoms with van der Waals surface area (Å²) in [6.07, 6.45) is 10.1. The Balaban J connectivity index is 1.78. The molecule has 0 aliphatic heterocycles. The first kappa shape index (κ1) is 23.7. The summed E-state index contributed by atoms with van der Waals surface area (Å²) >= 11 is 0. The van der Waals surface area contributed by atoms with Crippen molar-refractivity contribution in [3.05, 3.63) is 24.0 Å². The normalized spacial score (nSPS) is 16.0. The number of nitrogens with zero attached hydrogens (tertiary/aromatic N) is 3. The topological polar surface area (TPSA) is 84.3 Å². The van der Waals surface area contributed by atoms with Crippen LogP contribution in [0.25, 0.3) is 11.0 Å². The highest BCUT2D eigenvalue weighted by Crippen LogP contribution is 2.23. The van der Waals surface area contributed by atoms with Crippen LogP contribution in [0.15, 0.2) is 23.1 Å². The monoisotopic (exact) mass is 448 g/mol. The van der Waals surface area contributed by atoms with E-state index in [1.165, 1.54) is 44.1 Å². The van der Waals surface area contributed by atoms with Crippen LogP contribution in [0, 0.1) is 0 Å². The maximum absolute atomic E-state index is 12.6. The quantitative estimate of drug-likeness (QED) is 0.591. The molecule has 1 saturated carbocycles. The fourth-order valence-corrected chi connectivity index (χ4v) is 5.16. The second-order valence-corrected chi connectivity index (χ2v) is 10.9. The number of sulfonamides is 1. The predicted molar refractivity (Wildman–Crippen MR) is 123 cm³/mol. The number of unbranched alkanes of at least 4 members (excludes halogenated alkanes) is 1. The van der Waals surface area contributed by atoms with Crippen LogP contribution in [0.1, 0.15) is 70.5 Å². The van der Waals surface area contributed by atoms with Crippen molar-refractivity contribution in [1.82, 2.24) is 19.2 Å². The van der Waals surface area contributed by atoms with Crippen LogP contribution >= 0.6 is 0 Å². The molecule has 0 saturated heterocycles. The maximum Gasteiger partial charge on any atom is 0.242 e. The molecular formula is C23H36N4O3S. The molecule has 0 unspecified atom stereocenters. The lowest BCUT2D eigenvalue weighted by Crippen LogP contribution is -2.34. The Bertz CT molecular complexity index is 990. The Hall–Kier alpha value is -1.93. The number of hydrogen-bond acceptors (Lipinski definition) is 4.